The van der Waals surface area contributed by atoms with Crippen LogP contribution in [0.25, 0.3) is 0 Å². The summed E-state index contributed by atoms with van der Waals surface area (Å²) in [7, 11) is 0. The summed E-state index contributed by atoms with van der Waals surface area (Å²) in [5.41, 5.74) is 0. The molecule has 0 fully saturated rings. The molecule has 0 aliphatic heterocycles. The normalized spacial score (nSPS) is 11.2. The quantitative estimate of drug-likeness (QED) is 0.253. The molecule has 0 bridgehead atoms. The van der Waals surface area contributed by atoms with Gasteiger partial charge in [-0.05, 0) is 12.8 Å². The van der Waals surface area contributed by atoms with Gasteiger partial charge in [0.25, 0.3) is 0 Å². The molecule has 0 heterocycles. The molecular weight excluding hydrogens is 272 g/mol. The first-order valence-electron chi connectivity index (χ1n) is 10.1. The fourth-order valence-electron chi connectivity index (χ4n) is 2.61. The number of ether oxygens (including phenoxy) is 2. The zero-order valence-corrected chi connectivity index (χ0v) is 15.5. The van der Waals surface area contributed by atoms with Gasteiger partial charge in [0.2, 0.25) is 0 Å². The fourth-order valence-corrected chi connectivity index (χ4v) is 2.61. The Labute approximate surface area is 140 Å². The van der Waals surface area contributed by atoms with Crippen LogP contribution in [0.1, 0.15) is 104 Å². The first-order chi connectivity index (χ1) is 10.9. The molecule has 0 unspecified atom stereocenters. The molecule has 0 aromatic carbocycles. The highest BCUT2D eigenvalue weighted by molar-refractivity contribution is 4.48. The van der Waals surface area contributed by atoms with Crippen molar-refractivity contribution in [2.75, 3.05) is 26.4 Å². The Morgan fingerprint density at radius 1 is 0.364 bits per heavy atom. The Morgan fingerprint density at radius 2 is 0.727 bits per heavy atom. The van der Waals surface area contributed by atoms with E-state index in [9.17, 15) is 0 Å². The van der Waals surface area contributed by atoms with Crippen LogP contribution in [0.3, 0.4) is 0 Å². The van der Waals surface area contributed by atoms with Crippen LogP contribution in [-0.4, -0.2) is 26.4 Å². The minimum absolute atomic E-state index is 0.762. The second kappa shape index (κ2) is 20.9. The molecule has 0 N–H and O–H groups in total. The number of hydrogen-bond acceptors (Lipinski definition) is 2. The Morgan fingerprint density at radius 3 is 1.18 bits per heavy atom. The van der Waals surface area contributed by atoms with E-state index in [0.29, 0.717) is 0 Å². The molecule has 0 saturated heterocycles. The van der Waals surface area contributed by atoms with Crippen molar-refractivity contribution in [3.8, 4) is 0 Å². The van der Waals surface area contributed by atoms with Crippen molar-refractivity contribution >= 4 is 0 Å². The van der Waals surface area contributed by atoms with E-state index >= 15 is 0 Å². The van der Waals surface area contributed by atoms with E-state index in [0.717, 1.165) is 26.4 Å². The van der Waals surface area contributed by atoms with Crippen LogP contribution in [0, 0.1) is 0 Å². The SMILES string of the molecule is CCCCCCCCCCCCCCOCCOCCCC. The van der Waals surface area contributed by atoms with Crippen molar-refractivity contribution in [2.24, 2.45) is 0 Å². The standard InChI is InChI=1S/C20H42O2/c1-3-5-7-8-9-10-11-12-13-14-15-16-18-22-20-19-21-17-6-4-2/h3-20H2,1-2H3. The molecule has 0 saturated carbocycles. The van der Waals surface area contributed by atoms with E-state index in [1.807, 2.05) is 0 Å². The van der Waals surface area contributed by atoms with Gasteiger partial charge in [0, 0.05) is 13.2 Å². The van der Waals surface area contributed by atoms with Crippen molar-refractivity contribution in [1.29, 1.82) is 0 Å². The first-order valence-corrected chi connectivity index (χ1v) is 10.1. The third-order valence-electron chi connectivity index (χ3n) is 4.16. The van der Waals surface area contributed by atoms with Crippen LogP contribution < -0.4 is 0 Å². The Kier molecular flexibility index (Phi) is 20.8. The van der Waals surface area contributed by atoms with Crippen molar-refractivity contribution in [3.05, 3.63) is 0 Å². The Hall–Kier alpha value is -0.0800. The smallest absolute Gasteiger partial charge is 0.0700 e. The average Bonchev–Trinajstić information content (AvgIpc) is 2.54. The molecule has 2 heteroatoms. The largest absolute Gasteiger partial charge is 0.379 e. The Bertz CT molecular complexity index is 163. The van der Waals surface area contributed by atoms with E-state index in [1.54, 1.807) is 0 Å². The van der Waals surface area contributed by atoms with Crippen LogP contribution in [0.15, 0.2) is 0 Å². The fraction of sp³-hybridized carbons (Fsp3) is 1.00. The summed E-state index contributed by atoms with van der Waals surface area (Å²) >= 11 is 0. The lowest BCUT2D eigenvalue weighted by molar-refractivity contribution is 0.0453. The van der Waals surface area contributed by atoms with Gasteiger partial charge in [-0.2, -0.15) is 0 Å². The van der Waals surface area contributed by atoms with Crippen LogP contribution in [-0.2, 0) is 9.47 Å². The van der Waals surface area contributed by atoms with E-state index in [2.05, 4.69) is 13.8 Å². The zero-order valence-electron chi connectivity index (χ0n) is 15.5. The molecule has 0 amide bonds. The highest BCUT2D eigenvalue weighted by Gasteiger charge is 1.94. The second-order valence-corrected chi connectivity index (χ2v) is 6.47. The Balaban J connectivity index is 2.91. The van der Waals surface area contributed by atoms with Crippen LogP contribution in [0.5, 0.6) is 0 Å². The number of rotatable bonds is 19. The summed E-state index contributed by atoms with van der Waals surface area (Å²) in [6.07, 6.45) is 19.2. The highest BCUT2D eigenvalue weighted by atomic mass is 16.5. The van der Waals surface area contributed by atoms with Gasteiger partial charge in [-0.1, -0.05) is 90.9 Å². The van der Waals surface area contributed by atoms with Crippen LogP contribution >= 0.6 is 0 Å². The molecule has 0 spiro atoms. The highest BCUT2D eigenvalue weighted by Crippen LogP contribution is 2.11. The molecule has 0 aromatic heterocycles. The van der Waals surface area contributed by atoms with Crippen LogP contribution in [0.2, 0.25) is 0 Å². The van der Waals surface area contributed by atoms with E-state index in [4.69, 9.17) is 9.47 Å². The van der Waals surface area contributed by atoms with Crippen molar-refractivity contribution in [1.82, 2.24) is 0 Å². The zero-order chi connectivity index (χ0) is 16.1. The van der Waals surface area contributed by atoms with Crippen molar-refractivity contribution in [3.63, 3.8) is 0 Å². The number of hydrogen-bond donors (Lipinski definition) is 0. The average molecular weight is 315 g/mol. The molecule has 22 heavy (non-hydrogen) atoms. The lowest BCUT2D eigenvalue weighted by Crippen LogP contribution is -2.06. The molecule has 0 radical (unpaired) electrons. The molecular formula is C20H42O2. The predicted molar refractivity (Wildman–Crippen MR) is 97.6 cm³/mol. The van der Waals surface area contributed by atoms with Gasteiger partial charge >= 0.3 is 0 Å². The maximum atomic E-state index is 5.58. The van der Waals surface area contributed by atoms with Gasteiger partial charge in [-0.15, -0.1) is 0 Å². The lowest BCUT2D eigenvalue weighted by Gasteiger charge is -2.05. The summed E-state index contributed by atoms with van der Waals surface area (Å²) in [4.78, 5) is 0. The summed E-state index contributed by atoms with van der Waals surface area (Å²) in [6.45, 7) is 7.80. The van der Waals surface area contributed by atoms with E-state index in [1.165, 1.54) is 89.9 Å². The molecule has 0 aliphatic carbocycles. The van der Waals surface area contributed by atoms with Gasteiger partial charge in [0.15, 0.2) is 0 Å². The summed E-state index contributed by atoms with van der Waals surface area (Å²) in [6, 6.07) is 0. The van der Waals surface area contributed by atoms with Crippen molar-refractivity contribution in [2.45, 2.75) is 104 Å². The third kappa shape index (κ3) is 19.9. The second-order valence-electron chi connectivity index (χ2n) is 6.47. The molecule has 0 aromatic rings. The number of unbranched alkanes of at least 4 members (excludes halogenated alkanes) is 12. The van der Waals surface area contributed by atoms with Gasteiger partial charge in [-0.3, -0.25) is 0 Å². The van der Waals surface area contributed by atoms with Gasteiger partial charge in [0.05, 0.1) is 13.2 Å². The molecule has 2 nitrogen and oxygen atoms in total. The first kappa shape index (κ1) is 21.9. The van der Waals surface area contributed by atoms with Gasteiger partial charge in [-0.25, -0.2) is 0 Å². The maximum Gasteiger partial charge on any atom is 0.0700 e. The maximum absolute atomic E-state index is 5.58. The monoisotopic (exact) mass is 314 g/mol. The third-order valence-corrected chi connectivity index (χ3v) is 4.16. The topological polar surface area (TPSA) is 18.5 Å². The minimum Gasteiger partial charge on any atom is -0.379 e. The van der Waals surface area contributed by atoms with E-state index in [-0.39, 0.29) is 0 Å². The van der Waals surface area contributed by atoms with Gasteiger partial charge < -0.3 is 9.47 Å². The molecule has 0 aliphatic rings. The lowest BCUT2D eigenvalue weighted by atomic mass is 10.1. The summed E-state index contributed by atoms with van der Waals surface area (Å²) in [5, 5.41) is 0. The van der Waals surface area contributed by atoms with Crippen molar-refractivity contribution < 1.29 is 9.47 Å². The summed E-state index contributed by atoms with van der Waals surface area (Å²) < 4.78 is 11.0. The predicted octanol–water partition coefficient (Wildman–Crippen LogP) is 6.52. The minimum atomic E-state index is 0.762. The van der Waals surface area contributed by atoms with Crippen LogP contribution in [0.4, 0.5) is 0 Å². The molecule has 134 valence electrons. The van der Waals surface area contributed by atoms with E-state index < -0.39 is 0 Å². The molecule has 0 atom stereocenters. The summed E-state index contributed by atoms with van der Waals surface area (Å²) in [5.74, 6) is 0. The molecule has 0 rings (SSSR count). The van der Waals surface area contributed by atoms with Gasteiger partial charge in [0.1, 0.15) is 0 Å².